The molecular formula is C18H24N6. The minimum absolute atomic E-state index is 0.133. The topological polar surface area (TPSA) is 58.0 Å². The van der Waals surface area contributed by atoms with Crippen LogP contribution in [0.5, 0.6) is 0 Å². The second-order valence-corrected chi connectivity index (χ2v) is 7.28. The van der Waals surface area contributed by atoms with E-state index in [0.717, 1.165) is 49.8 Å². The summed E-state index contributed by atoms with van der Waals surface area (Å²) >= 11 is 0. The molecule has 1 aliphatic carbocycles. The monoisotopic (exact) mass is 324 g/mol. The molecule has 2 aliphatic rings. The molecule has 2 aromatic heterocycles. The lowest BCUT2D eigenvalue weighted by Crippen LogP contribution is -2.46. The average molecular weight is 324 g/mol. The maximum absolute atomic E-state index is 4.92. The van der Waals surface area contributed by atoms with E-state index in [9.17, 15) is 0 Å². The molecule has 126 valence electrons. The molecule has 1 spiro atoms. The summed E-state index contributed by atoms with van der Waals surface area (Å²) in [6.45, 7) is 3.99. The predicted molar refractivity (Wildman–Crippen MR) is 94.6 cm³/mol. The first-order chi connectivity index (χ1) is 11.6. The number of anilines is 2. The molecule has 6 nitrogen and oxygen atoms in total. The Bertz CT molecular complexity index is 738. The van der Waals surface area contributed by atoms with Crippen molar-refractivity contribution in [3.05, 3.63) is 35.3 Å². The van der Waals surface area contributed by atoms with E-state index in [1.54, 1.807) is 0 Å². The molecule has 0 N–H and O–H groups in total. The molecule has 2 aromatic rings. The summed E-state index contributed by atoms with van der Waals surface area (Å²) in [6.07, 6.45) is 6.62. The Morgan fingerprint density at radius 2 is 2.04 bits per heavy atom. The fraction of sp³-hybridized carbons (Fsp3) is 0.556. The Morgan fingerprint density at radius 1 is 1.17 bits per heavy atom. The van der Waals surface area contributed by atoms with Crippen molar-refractivity contribution >= 4 is 11.8 Å². The lowest BCUT2D eigenvalue weighted by Gasteiger charge is -2.41. The molecule has 1 fully saturated rings. The van der Waals surface area contributed by atoms with Gasteiger partial charge in [0.1, 0.15) is 0 Å². The van der Waals surface area contributed by atoms with Gasteiger partial charge in [-0.2, -0.15) is 5.10 Å². The van der Waals surface area contributed by atoms with Gasteiger partial charge < -0.3 is 9.80 Å². The predicted octanol–water partition coefficient (Wildman–Crippen LogP) is 2.13. The van der Waals surface area contributed by atoms with Crippen molar-refractivity contribution in [3.8, 4) is 0 Å². The van der Waals surface area contributed by atoms with Gasteiger partial charge in [-0.05, 0) is 50.3 Å². The van der Waals surface area contributed by atoms with Gasteiger partial charge >= 0.3 is 0 Å². The van der Waals surface area contributed by atoms with Gasteiger partial charge in [0.05, 0.1) is 11.4 Å². The van der Waals surface area contributed by atoms with Crippen molar-refractivity contribution in [1.29, 1.82) is 0 Å². The van der Waals surface area contributed by atoms with Crippen LogP contribution in [0.25, 0.3) is 0 Å². The maximum atomic E-state index is 4.92. The van der Waals surface area contributed by atoms with Crippen LogP contribution < -0.4 is 9.80 Å². The van der Waals surface area contributed by atoms with Crippen molar-refractivity contribution in [1.82, 2.24) is 20.2 Å². The molecule has 0 radical (unpaired) electrons. The number of piperidine rings is 1. The molecule has 4 rings (SSSR count). The highest BCUT2D eigenvalue weighted by Gasteiger charge is 2.44. The summed E-state index contributed by atoms with van der Waals surface area (Å²) < 4.78 is 0. The van der Waals surface area contributed by atoms with Crippen LogP contribution in [0.15, 0.2) is 18.3 Å². The van der Waals surface area contributed by atoms with Crippen LogP contribution >= 0.6 is 0 Å². The van der Waals surface area contributed by atoms with Gasteiger partial charge in [0, 0.05) is 38.8 Å². The normalized spacial score (nSPS) is 22.7. The standard InChI is InChI=1S/C18H24N6/c1-13-5-6-15(22-21-13)24-10-4-8-18(12-24)9-7-14-11-19-17(23(2)3)20-16(14)18/h5-6,11H,4,7-10,12H2,1-3H3. The molecule has 1 saturated heterocycles. The van der Waals surface area contributed by atoms with Gasteiger partial charge in [0.15, 0.2) is 5.82 Å². The van der Waals surface area contributed by atoms with E-state index in [-0.39, 0.29) is 5.41 Å². The van der Waals surface area contributed by atoms with Crippen LogP contribution in [-0.2, 0) is 11.8 Å². The summed E-state index contributed by atoms with van der Waals surface area (Å²) in [5.41, 5.74) is 3.66. The van der Waals surface area contributed by atoms with Gasteiger partial charge in [-0.25, -0.2) is 9.97 Å². The smallest absolute Gasteiger partial charge is 0.225 e. The third-order valence-electron chi connectivity index (χ3n) is 5.31. The molecule has 0 amide bonds. The minimum Gasteiger partial charge on any atom is -0.354 e. The van der Waals surface area contributed by atoms with Gasteiger partial charge in [0.2, 0.25) is 5.95 Å². The first-order valence-corrected chi connectivity index (χ1v) is 8.66. The van der Waals surface area contributed by atoms with Gasteiger partial charge in [-0.15, -0.1) is 5.10 Å². The second kappa shape index (κ2) is 5.69. The highest BCUT2D eigenvalue weighted by molar-refractivity contribution is 5.45. The first kappa shape index (κ1) is 15.3. The van der Waals surface area contributed by atoms with Crippen LogP contribution in [0.2, 0.25) is 0 Å². The van der Waals surface area contributed by atoms with E-state index in [2.05, 4.69) is 26.1 Å². The number of hydrogen-bond donors (Lipinski definition) is 0. The third-order valence-corrected chi connectivity index (χ3v) is 5.31. The summed E-state index contributed by atoms with van der Waals surface area (Å²) in [4.78, 5) is 13.8. The number of aromatic nitrogens is 4. The molecule has 0 saturated carbocycles. The molecular weight excluding hydrogens is 300 g/mol. The summed E-state index contributed by atoms with van der Waals surface area (Å²) in [6, 6.07) is 4.13. The molecule has 1 unspecified atom stereocenters. The summed E-state index contributed by atoms with van der Waals surface area (Å²) in [5.74, 6) is 1.79. The van der Waals surface area contributed by atoms with E-state index in [1.807, 2.05) is 38.2 Å². The highest BCUT2D eigenvalue weighted by Crippen LogP contribution is 2.44. The Balaban J connectivity index is 1.67. The molecule has 24 heavy (non-hydrogen) atoms. The zero-order chi connectivity index (χ0) is 16.7. The van der Waals surface area contributed by atoms with Crippen LogP contribution in [-0.4, -0.2) is 47.4 Å². The van der Waals surface area contributed by atoms with Crippen LogP contribution in [0.1, 0.15) is 36.2 Å². The maximum Gasteiger partial charge on any atom is 0.225 e. The van der Waals surface area contributed by atoms with Crippen molar-refractivity contribution in [2.75, 3.05) is 37.0 Å². The van der Waals surface area contributed by atoms with Crippen molar-refractivity contribution in [2.45, 2.75) is 38.0 Å². The van der Waals surface area contributed by atoms with E-state index < -0.39 is 0 Å². The van der Waals surface area contributed by atoms with Crippen molar-refractivity contribution in [3.63, 3.8) is 0 Å². The van der Waals surface area contributed by atoms with Crippen LogP contribution in [0, 0.1) is 6.92 Å². The highest BCUT2D eigenvalue weighted by atomic mass is 15.3. The lowest BCUT2D eigenvalue weighted by atomic mass is 9.77. The number of rotatable bonds is 2. The fourth-order valence-corrected chi connectivity index (χ4v) is 4.03. The molecule has 6 heteroatoms. The fourth-order valence-electron chi connectivity index (χ4n) is 4.03. The Labute approximate surface area is 142 Å². The Kier molecular flexibility index (Phi) is 3.62. The SMILES string of the molecule is Cc1ccc(N2CCCC3(CCc4cnc(N(C)C)nc43)C2)nn1. The van der Waals surface area contributed by atoms with E-state index in [0.29, 0.717) is 0 Å². The Hall–Kier alpha value is -2.24. The second-order valence-electron chi connectivity index (χ2n) is 7.28. The van der Waals surface area contributed by atoms with Crippen molar-refractivity contribution in [2.24, 2.45) is 0 Å². The minimum atomic E-state index is 0.133. The molecule has 1 atom stereocenters. The summed E-state index contributed by atoms with van der Waals surface area (Å²) in [7, 11) is 4.00. The van der Waals surface area contributed by atoms with E-state index >= 15 is 0 Å². The zero-order valence-electron chi connectivity index (χ0n) is 14.7. The Morgan fingerprint density at radius 3 is 2.79 bits per heavy atom. The molecule has 3 heterocycles. The van der Waals surface area contributed by atoms with Crippen LogP contribution in [0.4, 0.5) is 11.8 Å². The van der Waals surface area contributed by atoms with Gasteiger partial charge in [0.25, 0.3) is 0 Å². The quantitative estimate of drug-likeness (QED) is 0.843. The number of hydrogen-bond acceptors (Lipinski definition) is 6. The van der Waals surface area contributed by atoms with Crippen LogP contribution in [0.3, 0.4) is 0 Å². The molecule has 1 aliphatic heterocycles. The lowest BCUT2D eigenvalue weighted by molar-refractivity contribution is 0.333. The van der Waals surface area contributed by atoms with Crippen molar-refractivity contribution < 1.29 is 0 Å². The van der Waals surface area contributed by atoms with Gasteiger partial charge in [-0.3, -0.25) is 0 Å². The number of aryl methyl sites for hydroxylation is 2. The summed E-state index contributed by atoms with van der Waals surface area (Å²) in [5, 5.41) is 8.62. The average Bonchev–Trinajstić information content (AvgIpc) is 2.93. The largest absolute Gasteiger partial charge is 0.354 e. The number of nitrogens with zero attached hydrogens (tertiary/aromatic N) is 6. The van der Waals surface area contributed by atoms with E-state index in [4.69, 9.17) is 4.98 Å². The van der Waals surface area contributed by atoms with E-state index in [1.165, 1.54) is 17.7 Å². The third kappa shape index (κ3) is 2.50. The first-order valence-electron chi connectivity index (χ1n) is 8.66. The molecule has 0 bridgehead atoms. The molecule has 0 aromatic carbocycles. The zero-order valence-corrected chi connectivity index (χ0v) is 14.7. The number of fused-ring (bicyclic) bond motifs is 2. The van der Waals surface area contributed by atoms with Gasteiger partial charge in [-0.1, -0.05) is 0 Å².